The highest BCUT2D eigenvalue weighted by atomic mass is 35.5. The molecule has 0 bridgehead atoms. The molecule has 24 heavy (non-hydrogen) atoms. The largest absolute Gasteiger partial charge is 0.505 e. The predicted octanol–water partition coefficient (Wildman–Crippen LogP) is 3.87. The Hall–Kier alpha value is -2.27. The highest BCUT2D eigenvalue weighted by Crippen LogP contribution is 2.23. The monoisotopic (exact) mass is 349 g/mol. The SMILES string of the molecule is O=C(c1ccc(O)c(F)c1)N1CCC(Oc2ccc(Cl)cc2)CC1. The minimum absolute atomic E-state index is 0.0341. The van der Waals surface area contributed by atoms with E-state index in [1.54, 1.807) is 17.0 Å². The minimum atomic E-state index is -0.790. The molecular weight excluding hydrogens is 333 g/mol. The number of carbonyl (C=O) groups is 1. The standard InChI is InChI=1S/C18H17ClFNO3/c19-13-2-4-14(5-3-13)24-15-7-9-21(10-8-15)18(23)12-1-6-17(22)16(20)11-12/h1-6,11,15,22H,7-10H2. The maximum absolute atomic E-state index is 13.4. The Morgan fingerprint density at radius 3 is 2.46 bits per heavy atom. The second-order valence-electron chi connectivity index (χ2n) is 5.73. The fourth-order valence-electron chi connectivity index (χ4n) is 2.70. The fraction of sp³-hybridized carbons (Fsp3) is 0.278. The lowest BCUT2D eigenvalue weighted by molar-refractivity contribution is 0.0595. The molecule has 1 aliphatic heterocycles. The average molecular weight is 350 g/mol. The Bertz CT molecular complexity index is 728. The molecule has 3 rings (SSSR count). The normalized spacial score (nSPS) is 15.3. The van der Waals surface area contributed by atoms with Crippen molar-refractivity contribution in [2.75, 3.05) is 13.1 Å². The number of piperidine rings is 1. The van der Waals surface area contributed by atoms with Crippen LogP contribution in [-0.4, -0.2) is 35.1 Å². The van der Waals surface area contributed by atoms with Gasteiger partial charge in [-0.15, -0.1) is 0 Å². The van der Waals surface area contributed by atoms with Gasteiger partial charge in [-0.25, -0.2) is 4.39 Å². The molecule has 1 saturated heterocycles. The van der Waals surface area contributed by atoms with Crippen molar-refractivity contribution in [2.24, 2.45) is 0 Å². The summed E-state index contributed by atoms with van der Waals surface area (Å²) in [4.78, 5) is 14.1. The molecular formula is C18H17ClFNO3. The van der Waals surface area contributed by atoms with Gasteiger partial charge < -0.3 is 14.7 Å². The van der Waals surface area contributed by atoms with Gasteiger partial charge in [-0.3, -0.25) is 4.79 Å². The van der Waals surface area contributed by atoms with Crippen molar-refractivity contribution in [3.8, 4) is 11.5 Å². The van der Waals surface area contributed by atoms with Crippen LogP contribution in [0.1, 0.15) is 23.2 Å². The van der Waals surface area contributed by atoms with E-state index in [0.717, 1.165) is 11.8 Å². The molecule has 1 amide bonds. The molecule has 0 saturated carbocycles. The van der Waals surface area contributed by atoms with Gasteiger partial charge in [0.05, 0.1) is 0 Å². The van der Waals surface area contributed by atoms with E-state index in [2.05, 4.69) is 0 Å². The summed E-state index contributed by atoms with van der Waals surface area (Å²) in [5, 5.41) is 9.86. The highest BCUT2D eigenvalue weighted by Gasteiger charge is 2.25. The second kappa shape index (κ2) is 7.09. The number of phenolic OH excluding ortho intramolecular Hbond substituents is 1. The molecule has 1 heterocycles. The van der Waals surface area contributed by atoms with Gasteiger partial charge in [0.1, 0.15) is 11.9 Å². The van der Waals surface area contributed by atoms with E-state index in [9.17, 15) is 14.3 Å². The Balaban J connectivity index is 1.57. The first-order chi connectivity index (χ1) is 11.5. The molecule has 2 aromatic carbocycles. The first kappa shape index (κ1) is 16.6. The van der Waals surface area contributed by atoms with Crippen molar-refractivity contribution in [1.82, 2.24) is 4.90 Å². The summed E-state index contributed by atoms with van der Waals surface area (Å²) in [5.74, 6) is -0.730. The van der Waals surface area contributed by atoms with Crippen LogP contribution >= 0.6 is 11.6 Å². The molecule has 0 aliphatic carbocycles. The average Bonchev–Trinajstić information content (AvgIpc) is 2.59. The summed E-state index contributed by atoms with van der Waals surface area (Å²) in [6.45, 7) is 1.08. The number of phenols is 1. The molecule has 1 aliphatic rings. The van der Waals surface area contributed by atoms with Crippen molar-refractivity contribution in [2.45, 2.75) is 18.9 Å². The third-order valence-corrected chi connectivity index (χ3v) is 4.29. The van der Waals surface area contributed by atoms with Crippen LogP contribution in [0.25, 0.3) is 0 Å². The van der Waals surface area contributed by atoms with Gasteiger partial charge in [-0.05, 0) is 42.5 Å². The number of likely N-dealkylation sites (tertiary alicyclic amines) is 1. The molecule has 0 spiro atoms. The Morgan fingerprint density at radius 1 is 1.17 bits per heavy atom. The number of ether oxygens (including phenoxy) is 1. The van der Waals surface area contributed by atoms with Gasteiger partial charge in [-0.1, -0.05) is 11.6 Å². The summed E-state index contributed by atoms with van der Waals surface area (Å²) in [6.07, 6.45) is 1.44. The lowest BCUT2D eigenvalue weighted by Gasteiger charge is -2.32. The summed E-state index contributed by atoms with van der Waals surface area (Å²) in [6, 6.07) is 10.9. The fourth-order valence-corrected chi connectivity index (χ4v) is 2.83. The molecule has 4 nitrogen and oxygen atoms in total. The molecule has 6 heteroatoms. The van der Waals surface area contributed by atoms with Crippen LogP contribution in [0.3, 0.4) is 0 Å². The van der Waals surface area contributed by atoms with Crippen molar-refractivity contribution in [3.63, 3.8) is 0 Å². The summed E-state index contributed by atoms with van der Waals surface area (Å²) in [5.41, 5.74) is 0.238. The van der Waals surface area contributed by atoms with Crippen molar-refractivity contribution in [1.29, 1.82) is 0 Å². The quantitative estimate of drug-likeness (QED) is 0.915. The number of benzene rings is 2. The Kier molecular flexibility index (Phi) is 4.90. The number of rotatable bonds is 3. The molecule has 1 N–H and O–H groups in total. The summed E-state index contributed by atoms with van der Waals surface area (Å²) >= 11 is 5.85. The number of amides is 1. The first-order valence-corrected chi connectivity index (χ1v) is 8.11. The van der Waals surface area contributed by atoms with Gasteiger partial charge in [0.15, 0.2) is 11.6 Å². The lowest BCUT2D eigenvalue weighted by Crippen LogP contribution is -2.41. The third-order valence-electron chi connectivity index (χ3n) is 4.04. The van der Waals surface area contributed by atoms with Gasteiger partial charge in [-0.2, -0.15) is 0 Å². The van der Waals surface area contributed by atoms with Crippen molar-refractivity contribution >= 4 is 17.5 Å². The number of carbonyl (C=O) groups excluding carboxylic acids is 1. The first-order valence-electron chi connectivity index (χ1n) is 7.73. The Labute approximate surface area is 144 Å². The van der Waals surface area contributed by atoms with Crippen LogP contribution in [0.2, 0.25) is 5.02 Å². The topological polar surface area (TPSA) is 49.8 Å². The van der Waals surface area contributed by atoms with Crippen LogP contribution in [0.4, 0.5) is 4.39 Å². The highest BCUT2D eigenvalue weighted by molar-refractivity contribution is 6.30. The zero-order chi connectivity index (χ0) is 17.1. The Morgan fingerprint density at radius 2 is 1.83 bits per heavy atom. The minimum Gasteiger partial charge on any atom is -0.505 e. The lowest BCUT2D eigenvalue weighted by atomic mass is 10.1. The molecule has 0 atom stereocenters. The van der Waals surface area contributed by atoms with Crippen molar-refractivity contribution < 1.29 is 19.0 Å². The van der Waals surface area contributed by atoms with E-state index >= 15 is 0 Å². The van der Waals surface area contributed by atoms with E-state index in [0.29, 0.717) is 31.0 Å². The van der Waals surface area contributed by atoms with Crippen LogP contribution in [-0.2, 0) is 0 Å². The molecule has 2 aromatic rings. The van der Waals surface area contributed by atoms with Gasteiger partial charge in [0.2, 0.25) is 0 Å². The summed E-state index contributed by atoms with van der Waals surface area (Å²) < 4.78 is 19.3. The summed E-state index contributed by atoms with van der Waals surface area (Å²) in [7, 11) is 0. The van der Waals surface area contributed by atoms with E-state index in [-0.39, 0.29) is 17.6 Å². The zero-order valence-electron chi connectivity index (χ0n) is 12.9. The van der Waals surface area contributed by atoms with Gasteiger partial charge in [0.25, 0.3) is 5.91 Å². The maximum Gasteiger partial charge on any atom is 0.253 e. The van der Waals surface area contributed by atoms with E-state index in [1.807, 2.05) is 12.1 Å². The predicted molar refractivity (Wildman–Crippen MR) is 89.1 cm³/mol. The van der Waals surface area contributed by atoms with E-state index in [1.165, 1.54) is 12.1 Å². The molecule has 126 valence electrons. The maximum atomic E-state index is 13.4. The number of aromatic hydroxyl groups is 1. The van der Waals surface area contributed by atoms with E-state index < -0.39 is 11.6 Å². The smallest absolute Gasteiger partial charge is 0.253 e. The molecule has 0 radical (unpaired) electrons. The van der Waals surface area contributed by atoms with Crippen molar-refractivity contribution in [3.05, 3.63) is 58.9 Å². The number of hydrogen-bond donors (Lipinski definition) is 1. The van der Waals surface area contributed by atoms with Gasteiger partial charge >= 0.3 is 0 Å². The second-order valence-corrected chi connectivity index (χ2v) is 6.17. The van der Waals surface area contributed by atoms with Crippen LogP contribution in [0, 0.1) is 5.82 Å². The van der Waals surface area contributed by atoms with Crippen LogP contribution in [0.15, 0.2) is 42.5 Å². The third kappa shape index (κ3) is 3.79. The van der Waals surface area contributed by atoms with Gasteiger partial charge in [0, 0.05) is 36.5 Å². The molecule has 0 unspecified atom stereocenters. The zero-order valence-corrected chi connectivity index (χ0v) is 13.7. The number of hydrogen-bond acceptors (Lipinski definition) is 3. The number of halogens is 2. The molecule has 0 aromatic heterocycles. The molecule has 1 fully saturated rings. The van der Waals surface area contributed by atoms with Crippen LogP contribution in [0.5, 0.6) is 11.5 Å². The van der Waals surface area contributed by atoms with E-state index in [4.69, 9.17) is 16.3 Å². The number of nitrogens with zero attached hydrogens (tertiary/aromatic N) is 1. The van der Waals surface area contributed by atoms with Crippen LogP contribution < -0.4 is 4.74 Å².